The van der Waals surface area contributed by atoms with Gasteiger partial charge in [-0.25, -0.2) is 0 Å². The van der Waals surface area contributed by atoms with Gasteiger partial charge in [0.1, 0.15) is 0 Å². The van der Waals surface area contributed by atoms with E-state index in [4.69, 9.17) is 0 Å². The zero-order valence-electron chi connectivity index (χ0n) is 10.9. The van der Waals surface area contributed by atoms with Gasteiger partial charge < -0.3 is 15.5 Å². The molecule has 1 aromatic rings. The summed E-state index contributed by atoms with van der Waals surface area (Å²) in [5.74, 6) is 0.102. The van der Waals surface area contributed by atoms with E-state index in [1.807, 2.05) is 6.07 Å². The van der Waals surface area contributed by atoms with Crippen molar-refractivity contribution in [1.29, 1.82) is 0 Å². The smallest absolute Gasteiger partial charge is 0.220 e. The second kappa shape index (κ2) is 6.40. The van der Waals surface area contributed by atoms with Crippen LogP contribution in [0.2, 0.25) is 0 Å². The number of aryl methyl sites for hydroxylation is 1. The lowest BCUT2D eigenvalue weighted by Crippen LogP contribution is -2.43. The zero-order chi connectivity index (χ0) is 12.8. The molecule has 0 bridgehead atoms. The van der Waals surface area contributed by atoms with E-state index in [1.54, 1.807) is 7.05 Å². The molecule has 1 saturated heterocycles. The summed E-state index contributed by atoms with van der Waals surface area (Å²) < 4.78 is 0. The van der Waals surface area contributed by atoms with Gasteiger partial charge in [-0.2, -0.15) is 0 Å². The molecule has 2 N–H and O–H groups in total. The summed E-state index contributed by atoms with van der Waals surface area (Å²) in [6.45, 7) is 4.14. The van der Waals surface area contributed by atoms with Crippen LogP contribution in [0.25, 0.3) is 0 Å². The first-order valence-electron chi connectivity index (χ1n) is 6.55. The first-order valence-corrected chi connectivity index (χ1v) is 6.55. The van der Waals surface area contributed by atoms with Gasteiger partial charge in [0.2, 0.25) is 5.91 Å². The number of rotatable bonds is 4. The van der Waals surface area contributed by atoms with E-state index in [-0.39, 0.29) is 5.91 Å². The highest BCUT2D eigenvalue weighted by atomic mass is 16.1. The second-order valence-electron chi connectivity index (χ2n) is 4.54. The van der Waals surface area contributed by atoms with E-state index in [0.717, 1.165) is 32.6 Å². The maximum Gasteiger partial charge on any atom is 0.220 e. The Balaban J connectivity index is 2.06. The number of hydrogen-bond acceptors (Lipinski definition) is 3. The molecule has 1 heterocycles. The Bertz CT molecular complexity index is 400. The molecule has 4 heteroatoms. The number of carbonyl (C=O) groups excluding carboxylic acids is 1. The van der Waals surface area contributed by atoms with Crippen molar-refractivity contribution >= 4 is 11.6 Å². The average molecular weight is 247 g/mol. The van der Waals surface area contributed by atoms with Crippen LogP contribution in [0.3, 0.4) is 0 Å². The summed E-state index contributed by atoms with van der Waals surface area (Å²) in [4.78, 5) is 13.7. The zero-order valence-corrected chi connectivity index (χ0v) is 10.9. The van der Waals surface area contributed by atoms with Gasteiger partial charge in [0.25, 0.3) is 0 Å². The fourth-order valence-electron chi connectivity index (χ4n) is 2.31. The molecule has 1 aromatic carbocycles. The minimum absolute atomic E-state index is 0.102. The number of amides is 1. The lowest BCUT2D eigenvalue weighted by Gasteiger charge is -2.31. The van der Waals surface area contributed by atoms with Crippen LogP contribution in [0.1, 0.15) is 12.0 Å². The molecular formula is C14H21N3O. The Kier molecular flexibility index (Phi) is 4.59. The van der Waals surface area contributed by atoms with Crippen LogP contribution < -0.4 is 15.5 Å². The van der Waals surface area contributed by atoms with E-state index in [1.165, 1.54) is 11.3 Å². The van der Waals surface area contributed by atoms with Gasteiger partial charge in [-0.15, -0.1) is 0 Å². The van der Waals surface area contributed by atoms with Gasteiger partial charge in [-0.1, -0.05) is 18.2 Å². The number of nitrogens with one attached hydrogen (secondary N) is 2. The van der Waals surface area contributed by atoms with Gasteiger partial charge in [0.15, 0.2) is 0 Å². The van der Waals surface area contributed by atoms with Crippen LogP contribution in [-0.4, -0.2) is 39.1 Å². The molecule has 98 valence electrons. The molecule has 0 radical (unpaired) electrons. The highest BCUT2D eigenvalue weighted by Crippen LogP contribution is 2.22. The number of para-hydroxylation sites is 1. The van der Waals surface area contributed by atoms with Crippen LogP contribution in [0.4, 0.5) is 5.69 Å². The topological polar surface area (TPSA) is 44.4 Å². The van der Waals surface area contributed by atoms with Crippen molar-refractivity contribution in [2.24, 2.45) is 0 Å². The molecule has 1 aliphatic heterocycles. The highest BCUT2D eigenvalue weighted by molar-refractivity contribution is 5.76. The molecule has 4 nitrogen and oxygen atoms in total. The maximum atomic E-state index is 11.3. The van der Waals surface area contributed by atoms with E-state index < -0.39 is 0 Å². The van der Waals surface area contributed by atoms with Gasteiger partial charge in [-0.3, -0.25) is 4.79 Å². The Labute approximate surface area is 108 Å². The standard InChI is InChI=1S/C14H21N3O/c1-15-14(18)7-6-12-4-2-3-5-13(12)17-10-8-16-9-11-17/h2-5,16H,6-11H2,1H3,(H,15,18). The monoisotopic (exact) mass is 247 g/mol. The Morgan fingerprint density at radius 1 is 1.33 bits per heavy atom. The minimum Gasteiger partial charge on any atom is -0.369 e. The average Bonchev–Trinajstić information content (AvgIpc) is 2.46. The van der Waals surface area contributed by atoms with E-state index in [9.17, 15) is 4.79 Å². The Morgan fingerprint density at radius 3 is 2.78 bits per heavy atom. The number of carbonyl (C=O) groups is 1. The quantitative estimate of drug-likeness (QED) is 0.826. The third kappa shape index (κ3) is 3.23. The number of benzene rings is 1. The van der Waals surface area contributed by atoms with E-state index >= 15 is 0 Å². The van der Waals surface area contributed by atoms with E-state index in [0.29, 0.717) is 6.42 Å². The van der Waals surface area contributed by atoms with Crippen LogP contribution in [0.5, 0.6) is 0 Å². The Morgan fingerprint density at radius 2 is 2.06 bits per heavy atom. The number of anilines is 1. The summed E-state index contributed by atoms with van der Waals surface area (Å²) >= 11 is 0. The molecule has 0 aromatic heterocycles. The van der Waals surface area contributed by atoms with Crippen molar-refractivity contribution < 1.29 is 4.79 Å². The fourth-order valence-corrected chi connectivity index (χ4v) is 2.31. The van der Waals surface area contributed by atoms with Crippen LogP contribution >= 0.6 is 0 Å². The van der Waals surface area contributed by atoms with E-state index in [2.05, 4.69) is 33.7 Å². The third-order valence-corrected chi connectivity index (χ3v) is 3.35. The molecule has 0 aliphatic carbocycles. The van der Waals surface area contributed by atoms with Gasteiger partial charge in [-0.05, 0) is 18.1 Å². The Hall–Kier alpha value is -1.55. The van der Waals surface area contributed by atoms with Gasteiger partial charge in [0, 0.05) is 45.3 Å². The molecule has 1 aliphatic rings. The molecule has 1 amide bonds. The lowest BCUT2D eigenvalue weighted by molar-refractivity contribution is -0.120. The van der Waals surface area contributed by atoms with Crippen molar-refractivity contribution in [1.82, 2.24) is 10.6 Å². The predicted octanol–water partition coefficient (Wildman–Crippen LogP) is 0.775. The van der Waals surface area contributed by atoms with Crippen LogP contribution in [0.15, 0.2) is 24.3 Å². The summed E-state index contributed by atoms with van der Waals surface area (Å²) in [6.07, 6.45) is 1.36. The van der Waals surface area contributed by atoms with Crippen molar-refractivity contribution in [3.8, 4) is 0 Å². The van der Waals surface area contributed by atoms with Crippen LogP contribution in [0, 0.1) is 0 Å². The molecule has 18 heavy (non-hydrogen) atoms. The molecule has 2 rings (SSSR count). The highest BCUT2D eigenvalue weighted by Gasteiger charge is 2.13. The minimum atomic E-state index is 0.102. The van der Waals surface area contributed by atoms with Crippen molar-refractivity contribution in [3.05, 3.63) is 29.8 Å². The predicted molar refractivity (Wildman–Crippen MR) is 73.9 cm³/mol. The summed E-state index contributed by atoms with van der Waals surface area (Å²) in [6, 6.07) is 8.40. The van der Waals surface area contributed by atoms with Gasteiger partial charge in [0.05, 0.1) is 0 Å². The molecule has 0 unspecified atom stereocenters. The summed E-state index contributed by atoms with van der Waals surface area (Å²) in [5, 5.41) is 6.03. The third-order valence-electron chi connectivity index (χ3n) is 3.35. The SMILES string of the molecule is CNC(=O)CCc1ccccc1N1CCNCC1. The summed E-state index contributed by atoms with van der Waals surface area (Å²) in [5.41, 5.74) is 2.55. The largest absolute Gasteiger partial charge is 0.369 e. The van der Waals surface area contributed by atoms with Crippen LogP contribution in [-0.2, 0) is 11.2 Å². The summed E-state index contributed by atoms with van der Waals surface area (Å²) in [7, 11) is 1.69. The molecule has 0 spiro atoms. The normalized spacial score (nSPS) is 15.5. The molecule has 0 saturated carbocycles. The van der Waals surface area contributed by atoms with Crippen molar-refractivity contribution in [2.75, 3.05) is 38.1 Å². The molecular weight excluding hydrogens is 226 g/mol. The number of hydrogen-bond donors (Lipinski definition) is 2. The molecule has 1 fully saturated rings. The van der Waals surface area contributed by atoms with Gasteiger partial charge >= 0.3 is 0 Å². The lowest BCUT2D eigenvalue weighted by atomic mass is 10.1. The first kappa shape index (κ1) is 12.9. The maximum absolute atomic E-state index is 11.3. The van der Waals surface area contributed by atoms with Crippen molar-refractivity contribution in [2.45, 2.75) is 12.8 Å². The fraction of sp³-hybridized carbons (Fsp3) is 0.500. The number of piperazine rings is 1. The first-order chi connectivity index (χ1) is 8.81. The van der Waals surface area contributed by atoms with Crippen molar-refractivity contribution in [3.63, 3.8) is 0 Å². The molecule has 0 atom stereocenters. The second-order valence-corrected chi connectivity index (χ2v) is 4.54. The number of nitrogens with zero attached hydrogens (tertiary/aromatic N) is 1.